The molecule has 0 saturated carbocycles. The van der Waals surface area contributed by atoms with Gasteiger partial charge in [0.1, 0.15) is 0 Å². The van der Waals surface area contributed by atoms with Crippen molar-refractivity contribution in [3.05, 3.63) is 24.2 Å². The van der Waals surface area contributed by atoms with Crippen molar-refractivity contribution in [2.45, 2.75) is 51.2 Å². The Morgan fingerprint density at radius 3 is 3.12 bits per heavy atom. The first-order valence-electron chi connectivity index (χ1n) is 6.77. The molecule has 1 saturated heterocycles. The van der Waals surface area contributed by atoms with Crippen molar-refractivity contribution in [1.82, 2.24) is 5.32 Å². The van der Waals surface area contributed by atoms with Gasteiger partial charge in [0.05, 0.1) is 18.6 Å². The second kappa shape index (κ2) is 6.82. The van der Waals surface area contributed by atoms with Crippen molar-refractivity contribution in [3.8, 4) is 0 Å². The molecule has 17 heavy (non-hydrogen) atoms. The van der Waals surface area contributed by atoms with Gasteiger partial charge in [0, 0.05) is 18.2 Å². The van der Waals surface area contributed by atoms with Crippen LogP contribution < -0.4 is 5.32 Å². The third-order valence-electron chi connectivity index (χ3n) is 3.39. The summed E-state index contributed by atoms with van der Waals surface area (Å²) in [6, 6.07) is 2.47. The summed E-state index contributed by atoms with van der Waals surface area (Å²) in [5, 5.41) is 3.58. The average Bonchev–Trinajstić information content (AvgIpc) is 3.01. The molecule has 0 aliphatic carbocycles. The first-order chi connectivity index (χ1) is 8.40. The predicted molar refractivity (Wildman–Crippen MR) is 68.0 cm³/mol. The highest BCUT2D eigenvalue weighted by atomic mass is 16.5. The first kappa shape index (κ1) is 12.7. The van der Waals surface area contributed by atoms with Crippen molar-refractivity contribution in [2.75, 3.05) is 13.2 Å². The molecule has 1 fully saturated rings. The smallest absolute Gasteiger partial charge is 0.0950 e. The highest BCUT2D eigenvalue weighted by Gasteiger charge is 2.19. The average molecular weight is 237 g/mol. The van der Waals surface area contributed by atoms with Crippen LogP contribution in [0.2, 0.25) is 0 Å². The van der Waals surface area contributed by atoms with E-state index in [2.05, 4.69) is 18.3 Å². The second-order valence-corrected chi connectivity index (χ2v) is 4.78. The Hall–Kier alpha value is -0.800. The molecule has 1 aromatic rings. The fourth-order valence-electron chi connectivity index (χ4n) is 2.40. The van der Waals surface area contributed by atoms with Gasteiger partial charge in [0.25, 0.3) is 0 Å². The van der Waals surface area contributed by atoms with Crippen LogP contribution >= 0.6 is 0 Å². The Labute approximate surface area is 104 Å². The summed E-state index contributed by atoms with van der Waals surface area (Å²) in [5.74, 6) is 0. The number of hydrogen-bond donors (Lipinski definition) is 1. The van der Waals surface area contributed by atoms with Gasteiger partial charge in [0.15, 0.2) is 0 Å². The molecule has 1 aromatic heterocycles. The molecular formula is C14H23NO2. The van der Waals surface area contributed by atoms with Gasteiger partial charge in [-0.15, -0.1) is 0 Å². The van der Waals surface area contributed by atoms with Gasteiger partial charge in [0.2, 0.25) is 0 Å². The molecule has 0 radical (unpaired) electrons. The molecule has 0 bridgehead atoms. The summed E-state index contributed by atoms with van der Waals surface area (Å²) in [4.78, 5) is 0. The van der Waals surface area contributed by atoms with Gasteiger partial charge in [-0.3, -0.25) is 0 Å². The molecular weight excluding hydrogens is 214 g/mol. The maximum absolute atomic E-state index is 5.67. The minimum atomic E-state index is 0.415. The van der Waals surface area contributed by atoms with Gasteiger partial charge in [-0.25, -0.2) is 0 Å². The molecule has 0 aromatic carbocycles. The summed E-state index contributed by atoms with van der Waals surface area (Å²) in [5.41, 5.74) is 1.26. The van der Waals surface area contributed by atoms with E-state index >= 15 is 0 Å². The molecule has 1 N–H and O–H groups in total. The van der Waals surface area contributed by atoms with E-state index in [9.17, 15) is 0 Å². The zero-order chi connectivity index (χ0) is 11.9. The monoisotopic (exact) mass is 237 g/mol. The van der Waals surface area contributed by atoms with Gasteiger partial charge in [-0.1, -0.05) is 6.92 Å². The van der Waals surface area contributed by atoms with Crippen LogP contribution in [0, 0.1) is 0 Å². The lowest BCUT2D eigenvalue weighted by Crippen LogP contribution is -2.23. The maximum atomic E-state index is 5.67. The first-order valence-corrected chi connectivity index (χ1v) is 6.77. The molecule has 0 spiro atoms. The highest BCUT2D eigenvalue weighted by Crippen LogP contribution is 2.24. The number of ether oxygens (including phenoxy) is 1. The zero-order valence-electron chi connectivity index (χ0n) is 10.7. The van der Waals surface area contributed by atoms with Crippen molar-refractivity contribution in [2.24, 2.45) is 0 Å². The number of hydrogen-bond acceptors (Lipinski definition) is 3. The van der Waals surface area contributed by atoms with Gasteiger partial charge in [-0.2, -0.15) is 0 Å². The standard InChI is InChI=1S/C14H23NO2/c1-2-8-15-14(12-7-10-16-11-12)6-5-13-4-3-9-17-13/h7,10-11,13-15H,2-6,8-9H2,1H3. The second-order valence-electron chi connectivity index (χ2n) is 4.78. The molecule has 2 unspecified atom stereocenters. The van der Waals surface area contributed by atoms with Gasteiger partial charge >= 0.3 is 0 Å². The van der Waals surface area contributed by atoms with E-state index in [4.69, 9.17) is 9.15 Å². The lowest BCUT2D eigenvalue weighted by molar-refractivity contribution is 0.0995. The fourth-order valence-corrected chi connectivity index (χ4v) is 2.40. The van der Waals surface area contributed by atoms with Crippen LogP contribution in [0.15, 0.2) is 23.0 Å². The van der Waals surface area contributed by atoms with E-state index in [0.29, 0.717) is 12.1 Å². The van der Waals surface area contributed by atoms with Crippen molar-refractivity contribution in [1.29, 1.82) is 0 Å². The summed E-state index contributed by atoms with van der Waals surface area (Å²) in [6.45, 7) is 4.20. The molecule has 2 rings (SSSR count). The topological polar surface area (TPSA) is 34.4 Å². The molecule has 3 nitrogen and oxygen atoms in total. The van der Waals surface area contributed by atoms with E-state index in [1.54, 1.807) is 6.26 Å². The van der Waals surface area contributed by atoms with Crippen LogP contribution in [0.3, 0.4) is 0 Å². The number of nitrogens with one attached hydrogen (secondary N) is 1. The zero-order valence-corrected chi connectivity index (χ0v) is 10.7. The molecule has 2 atom stereocenters. The lowest BCUT2D eigenvalue weighted by Gasteiger charge is -2.19. The van der Waals surface area contributed by atoms with E-state index < -0.39 is 0 Å². The van der Waals surface area contributed by atoms with Crippen LogP contribution in [-0.2, 0) is 4.74 Å². The van der Waals surface area contributed by atoms with Gasteiger partial charge in [-0.05, 0) is 44.7 Å². The van der Waals surface area contributed by atoms with Gasteiger partial charge < -0.3 is 14.5 Å². The third kappa shape index (κ3) is 3.86. The summed E-state index contributed by atoms with van der Waals surface area (Å²) in [7, 11) is 0. The third-order valence-corrected chi connectivity index (χ3v) is 3.39. The van der Waals surface area contributed by atoms with Crippen LogP contribution in [0.1, 0.15) is 50.6 Å². The Morgan fingerprint density at radius 2 is 2.47 bits per heavy atom. The summed E-state index contributed by atoms with van der Waals surface area (Å²) >= 11 is 0. The minimum Gasteiger partial charge on any atom is -0.472 e. The normalized spacial score (nSPS) is 21.8. The van der Waals surface area contributed by atoms with Crippen molar-refractivity contribution < 1.29 is 9.15 Å². The Morgan fingerprint density at radius 1 is 1.53 bits per heavy atom. The molecule has 3 heteroatoms. The van der Waals surface area contributed by atoms with E-state index in [-0.39, 0.29) is 0 Å². The summed E-state index contributed by atoms with van der Waals surface area (Å²) in [6.07, 6.45) is 9.97. The molecule has 1 aliphatic heterocycles. The van der Waals surface area contributed by atoms with Crippen LogP contribution in [0.4, 0.5) is 0 Å². The molecule has 2 heterocycles. The quantitative estimate of drug-likeness (QED) is 0.790. The number of furan rings is 1. The van der Waals surface area contributed by atoms with Crippen LogP contribution in [0.5, 0.6) is 0 Å². The molecule has 0 amide bonds. The van der Waals surface area contributed by atoms with E-state index in [1.165, 1.54) is 18.4 Å². The Balaban J connectivity index is 1.82. The van der Waals surface area contributed by atoms with Crippen molar-refractivity contribution >= 4 is 0 Å². The lowest BCUT2D eigenvalue weighted by atomic mass is 10.0. The van der Waals surface area contributed by atoms with Crippen LogP contribution in [-0.4, -0.2) is 19.3 Å². The highest BCUT2D eigenvalue weighted by molar-refractivity contribution is 5.11. The predicted octanol–water partition coefficient (Wildman–Crippen LogP) is 3.28. The molecule has 96 valence electrons. The largest absolute Gasteiger partial charge is 0.472 e. The van der Waals surface area contributed by atoms with Crippen molar-refractivity contribution in [3.63, 3.8) is 0 Å². The Bertz CT molecular complexity index is 291. The SMILES string of the molecule is CCCNC(CCC1CCCO1)c1ccoc1. The molecule has 1 aliphatic rings. The number of rotatable bonds is 7. The summed E-state index contributed by atoms with van der Waals surface area (Å²) < 4.78 is 10.8. The maximum Gasteiger partial charge on any atom is 0.0950 e. The van der Waals surface area contributed by atoms with E-state index in [1.807, 2.05) is 6.26 Å². The Kier molecular flexibility index (Phi) is 5.08. The van der Waals surface area contributed by atoms with Crippen LogP contribution in [0.25, 0.3) is 0 Å². The minimum absolute atomic E-state index is 0.415. The fraction of sp³-hybridized carbons (Fsp3) is 0.714. The van der Waals surface area contributed by atoms with E-state index in [0.717, 1.165) is 32.4 Å².